The van der Waals surface area contributed by atoms with E-state index in [9.17, 15) is 0 Å². The Labute approximate surface area is 173 Å². The number of benzene rings is 3. The number of allylic oxidation sites excluding steroid dienone is 2. The van der Waals surface area contributed by atoms with E-state index in [-0.39, 0.29) is 5.37 Å². The topological polar surface area (TPSA) is 48.5 Å². The normalized spacial score (nSPS) is 19.7. The molecule has 29 heavy (non-hydrogen) atoms. The zero-order valence-corrected chi connectivity index (χ0v) is 16.6. The summed E-state index contributed by atoms with van der Waals surface area (Å²) in [5.74, 6) is 0.965. The number of para-hydroxylation sites is 1. The molecule has 3 aromatic rings. The van der Waals surface area contributed by atoms with Gasteiger partial charge in [0.2, 0.25) is 0 Å². The summed E-state index contributed by atoms with van der Waals surface area (Å²) in [6, 6.07) is 21.3. The van der Waals surface area contributed by atoms with Crippen LogP contribution in [0, 0.1) is 0 Å². The molecule has 3 aromatic carbocycles. The summed E-state index contributed by atoms with van der Waals surface area (Å²) in [4.78, 5) is 6.11. The predicted octanol–water partition coefficient (Wildman–Crippen LogP) is 5.12. The number of thioether (sulfide) groups is 1. The molecule has 0 saturated heterocycles. The Kier molecular flexibility index (Phi) is 3.87. The average molecular weight is 397 g/mol. The lowest BCUT2D eigenvalue weighted by Crippen LogP contribution is -2.33. The van der Waals surface area contributed by atoms with Gasteiger partial charge in [-0.25, -0.2) is 0 Å². The SMILES string of the molecule is C1=C(C2=NCc3ccc4ccccc4c3N2)CNC(C2Nc3ccccc3S2)=C1. The minimum atomic E-state index is 0.233. The summed E-state index contributed by atoms with van der Waals surface area (Å²) in [7, 11) is 0. The molecular formula is C24H20N4S. The highest BCUT2D eigenvalue weighted by atomic mass is 32.2. The largest absolute Gasteiger partial charge is 0.382 e. The van der Waals surface area contributed by atoms with Crippen LogP contribution >= 0.6 is 11.8 Å². The first kappa shape index (κ1) is 16.7. The van der Waals surface area contributed by atoms with Gasteiger partial charge >= 0.3 is 0 Å². The van der Waals surface area contributed by atoms with Crippen molar-refractivity contribution in [3.05, 3.63) is 89.6 Å². The van der Waals surface area contributed by atoms with E-state index in [0.717, 1.165) is 12.4 Å². The second-order valence-corrected chi connectivity index (χ2v) is 8.56. The summed E-state index contributed by atoms with van der Waals surface area (Å²) < 4.78 is 0. The van der Waals surface area contributed by atoms with Crippen molar-refractivity contribution in [3.8, 4) is 0 Å². The van der Waals surface area contributed by atoms with Gasteiger partial charge in [-0.1, -0.05) is 66.4 Å². The predicted molar refractivity (Wildman–Crippen MR) is 123 cm³/mol. The second kappa shape index (κ2) is 6.71. The number of nitrogens with one attached hydrogen (secondary N) is 3. The first-order valence-corrected chi connectivity index (χ1v) is 10.7. The maximum atomic E-state index is 4.80. The molecule has 0 bridgehead atoms. The lowest BCUT2D eigenvalue weighted by Gasteiger charge is -2.26. The molecule has 1 unspecified atom stereocenters. The van der Waals surface area contributed by atoms with E-state index in [0.29, 0.717) is 6.54 Å². The van der Waals surface area contributed by atoms with Gasteiger partial charge in [0.05, 0.1) is 12.2 Å². The van der Waals surface area contributed by atoms with Gasteiger partial charge < -0.3 is 16.0 Å². The number of rotatable bonds is 2. The Morgan fingerprint density at radius 2 is 1.83 bits per heavy atom. The van der Waals surface area contributed by atoms with Crippen molar-refractivity contribution < 1.29 is 0 Å². The zero-order valence-electron chi connectivity index (χ0n) is 15.8. The zero-order chi connectivity index (χ0) is 19.2. The van der Waals surface area contributed by atoms with Gasteiger partial charge in [-0.05, 0) is 29.2 Å². The molecule has 3 heterocycles. The van der Waals surface area contributed by atoms with Crippen molar-refractivity contribution in [3.63, 3.8) is 0 Å². The second-order valence-electron chi connectivity index (χ2n) is 7.42. The summed E-state index contributed by atoms with van der Waals surface area (Å²) in [5.41, 5.74) is 6.04. The number of nitrogens with zero attached hydrogens (tertiary/aromatic N) is 1. The number of anilines is 2. The molecule has 5 heteroatoms. The fourth-order valence-electron chi connectivity index (χ4n) is 4.08. The van der Waals surface area contributed by atoms with E-state index < -0.39 is 0 Å². The fraction of sp³-hybridized carbons (Fsp3) is 0.125. The Morgan fingerprint density at radius 3 is 2.72 bits per heavy atom. The van der Waals surface area contributed by atoms with E-state index in [1.165, 1.54) is 43.9 Å². The van der Waals surface area contributed by atoms with Crippen LogP contribution in [0.1, 0.15) is 5.56 Å². The van der Waals surface area contributed by atoms with Crippen LogP contribution in [0.2, 0.25) is 0 Å². The van der Waals surface area contributed by atoms with Crippen LogP contribution in [0.4, 0.5) is 11.4 Å². The molecule has 1 atom stereocenters. The van der Waals surface area contributed by atoms with E-state index in [2.05, 4.69) is 88.8 Å². The molecule has 0 aromatic heterocycles. The van der Waals surface area contributed by atoms with E-state index in [1.807, 2.05) is 11.8 Å². The highest BCUT2D eigenvalue weighted by Gasteiger charge is 2.26. The molecule has 3 N–H and O–H groups in total. The Hall–Kier alpha value is -3.18. The third-order valence-corrected chi connectivity index (χ3v) is 6.84. The summed E-state index contributed by atoms with van der Waals surface area (Å²) in [5, 5.41) is 13.5. The van der Waals surface area contributed by atoms with Crippen LogP contribution in [-0.4, -0.2) is 17.8 Å². The van der Waals surface area contributed by atoms with E-state index >= 15 is 0 Å². The van der Waals surface area contributed by atoms with E-state index in [4.69, 9.17) is 4.99 Å². The number of aliphatic imine (C=N–C) groups is 1. The first-order valence-electron chi connectivity index (χ1n) is 9.84. The number of amidine groups is 1. The van der Waals surface area contributed by atoms with Crippen LogP contribution in [0.3, 0.4) is 0 Å². The van der Waals surface area contributed by atoms with Gasteiger partial charge in [-0.2, -0.15) is 0 Å². The molecule has 4 nitrogen and oxygen atoms in total. The molecular weight excluding hydrogens is 376 g/mol. The molecule has 0 fully saturated rings. The first-order chi connectivity index (χ1) is 14.3. The maximum Gasteiger partial charge on any atom is 0.130 e. The van der Waals surface area contributed by atoms with Crippen molar-refractivity contribution in [1.29, 1.82) is 0 Å². The summed E-state index contributed by atoms with van der Waals surface area (Å²) in [6.07, 6.45) is 4.37. The number of dihydropyridines is 1. The molecule has 0 spiro atoms. The van der Waals surface area contributed by atoms with Gasteiger partial charge in [0, 0.05) is 33.8 Å². The smallest absolute Gasteiger partial charge is 0.130 e. The maximum absolute atomic E-state index is 4.80. The Morgan fingerprint density at radius 1 is 0.931 bits per heavy atom. The fourth-order valence-corrected chi connectivity index (χ4v) is 5.22. The van der Waals surface area contributed by atoms with Crippen LogP contribution < -0.4 is 16.0 Å². The van der Waals surface area contributed by atoms with Crippen LogP contribution in [0.25, 0.3) is 10.8 Å². The quantitative estimate of drug-likeness (QED) is 0.563. The van der Waals surface area contributed by atoms with Gasteiger partial charge in [-0.3, -0.25) is 4.99 Å². The van der Waals surface area contributed by atoms with Crippen LogP contribution in [-0.2, 0) is 6.54 Å². The lowest BCUT2D eigenvalue weighted by atomic mass is 10.0. The molecule has 0 aliphatic carbocycles. The minimum Gasteiger partial charge on any atom is -0.382 e. The molecule has 3 aliphatic rings. The molecule has 6 rings (SSSR count). The van der Waals surface area contributed by atoms with Gasteiger partial charge in [0.25, 0.3) is 0 Å². The minimum absolute atomic E-state index is 0.233. The van der Waals surface area contributed by atoms with Crippen molar-refractivity contribution in [2.45, 2.75) is 16.8 Å². The van der Waals surface area contributed by atoms with Crippen LogP contribution in [0.15, 0.2) is 94.0 Å². The van der Waals surface area contributed by atoms with Crippen molar-refractivity contribution in [2.75, 3.05) is 17.2 Å². The third kappa shape index (κ3) is 2.89. The van der Waals surface area contributed by atoms with Gasteiger partial charge in [0.15, 0.2) is 0 Å². The lowest BCUT2D eigenvalue weighted by molar-refractivity contribution is 0.834. The molecule has 0 radical (unpaired) electrons. The van der Waals surface area contributed by atoms with Crippen molar-refractivity contribution in [2.24, 2.45) is 4.99 Å². The number of hydrogen-bond acceptors (Lipinski definition) is 5. The Balaban J connectivity index is 1.25. The monoisotopic (exact) mass is 396 g/mol. The van der Waals surface area contributed by atoms with E-state index in [1.54, 1.807) is 0 Å². The van der Waals surface area contributed by atoms with Gasteiger partial charge in [-0.15, -0.1) is 0 Å². The number of hydrogen-bond donors (Lipinski definition) is 3. The standard InChI is InChI=1S/C24H20N4S/c1-2-6-18-15(5-1)9-10-16-13-26-23(28-22(16)18)17-11-12-20(25-14-17)24-27-19-7-3-4-8-21(19)29-24/h1-12,24-25,27H,13-14H2,(H,26,28). The number of fused-ring (bicyclic) bond motifs is 4. The Bertz CT molecular complexity index is 1200. The third-order valence-electron chi connectivity index (χ3n) is 5.62. The molecule has 142 valence electrons. The summed E-state index contributed by atoms with van der Waals surface area (Å²) >= 11 is 1.85. The summed E-state index contributed by atoms with van der Waals surface area (Å²) in [6.45, 7) is 1.48. The average Bonchev–Trinajstić information content (AvgIpc) is 3.23. The highest BCUT2D eigenvalue weighted by Crippen LogP contribution is 2.40. The molecule has 0 amide bonds. The van der Waals surface area contributed by atoms with Crippen molar-refractivity contribution in [1.82, 2.24) is 5.32 Å². The van der Waals surface area contributed by atoms with Gasteiger partial charge in [0.1, 0.15) is 11.2 Å². The molecule has 3 aliphatic heterocycles. The van der Waals surface area contributed by atoms with Crippen LogP contribution in [0.5, 0.6) is 0 Å². The highest BCUT2D eigenvalue weighted by molar-refractivity contribution is 8.00. The molecule has 0 saturated carbocycles. The van der Waals surface area contributed by atoms with Crippen molar-refractivity contribution >= 4 is 39.7 Å².